The second kappa shape index (κ2) is 10.3. The summed E-state index contributed by atoms with van der Waals surface area (Å²) < 4.78 is 18.0. The molecule has 0 radical (unpaired) electrons. The van der Waals surface area contributed by atoms with Crippen LogP contribution in [0.2, 0.25) is 0 Å². The lowest BCUT2D eigenvalue weighted by Gasteiger charge is -2.12. The molecule has 0 aliphatic heterocycles. The van der Waals surface area contributed by atoms with E-state index in [1.807, 2.05) is 23.5 Å². The second-order valence-electron chi connectivity index (χ2n) is 14.0. The molecule has 5 nitrogen and oxygen atoms in total. The van der Waals surface area contributed by atoms with Crippen LogP contribution in [0, 0.1) is 0 Å². The number of fused-ring (bicyclic) bond motifs is 17. The number of para-hydroxylation sites is 3. The fraction of sp³-hybridized carbons (Fsp3) is 0. The van der Waals surface area contributed by atoms with Gasteiger partial charge in [0.15, 0.2) is 0 Å². The van der Waals surface area contributed by atoms with Crippen LogP contribution in [0.5, 0.6) is 0 Å². The lowest BCUT2D eigenvalue weighted by Crippen LogP contribution is -2.03. The minimum atomic E-state index is 0.625. The number of furan rings is 2. The number of nitrogens with zero attached hydrogens (tertiary/aromatic N) is 3. The average molecular weight is 708 g/mol. The maximum atomic E-state index is 6.93. The molecule has 0 aliphatic carbocycles. The molecule has 13 rings (SSSR count). The molecule has 5 heterocycles. The summed E-state index contributed by atoms with van der Waals surface area (Å²) in [6, 6.07) is 53.3. The molecular formula is C48H25N3O2S. The number of benzene rings is 8. The normalized spacial score (nSPS) is 12.4. The fourth-order valence-electron chi connectivity index (χ4n) is 8.93. The first-order valence-corrected chi connectivity index (χ1v) is 18.9. The molecule has 0 bridgehead atoms. The number of hydrogen-bond donors (Lipinski definition) is 0. The third-order valence-electron chi connectivity index (χ3n) is 11.2. The van der Waals surface area contributed by atoms with Crippen LogP contribution in [0.4, 0.5) is 0 Å². The van der Waals surface area contributed by atoms with Crippen LogP contribution in [0.25, 0.3) is 125 Å². The van der Waals surface area contributed by atoms with Gasteiger partial charge in [-0.3, -0.25) is 4.57 Å². The summed E-state index contributed by atoms with van der Waals surface area (Å²) in [6.07, 6.45) is 0. The largest absolute Gasteiger partial charge is 0.456 e. The summed E-state index contributed by atoms with van der Waals surface area (Å²) in [5.41, 5.74) is 8.40. The van der Waals surface area contributed by atoms with E-state index in [2.05, 4.69) is 144 Å². The first-order valence-electron chi connectivity index (χ1n) is 18.1. The van der Waals surface area contributed by atoms with Gasteiger partial charge in [0, 0.05) is 63.4 Å². The Labute approximate surface area is 309 Å². The zero-order valence-corrected chi connectivity index (χ0v) is 29.3. The molecule has 0 N–H and O–H groups in total. The summed E-state index contributed by atoms with van der Waals surface area (Å²) in [4.78, 5) is 10.7. The summed E-state index contributed by atoms with van der Waals surface area (Å²) in [5, 5.41) is 12.4. The first-order chi connectivity index (χ1) is 26.8. The Hall–Kier alpha value is -7.02. The van der Waals surface area contributed by atoms with Crippen molar-refractivity contribution < 1.29 is 8.83 Å². The zero-order chi connectivity index (χ0) is 35.1. The highest BCUT2D eigenvalue weighted by Crippen LogP contribution is 2.46. The summed E-state index contributed by atoms with van der Waals surface area (Å²) in [5.74, 6) is 0.625. The van der Waals surface area contributed by atoms with Crippen LogP contribution >= 0.6 is 11.3 Å². The van der Waals surface area contributed by atoms with E-state index in [0.29, 0.717) is 5.95 Å². The van der Waals surface area contributed by atoms with Crippen LogP contribution in [0.3, 0.4) is 0 Å². The Balaban J connectivity index is 1.14. The molecule has 5 aromatic heterocycles. The van der Waals surface area contributed by atoms with Crippen LogP contribution in [-0.2, 0) is 0 Å². The molecule has 0 saturated carbocycles. The highest BCUT2D eigenvalue weighted by molar-refractivity contribution is 7.26. The predicted octanol–water partition coefficient (Wildman–Crippen LogP) is 13.7. The van der Waals surface area contributed by atoms with Gasteiger partial charge in [-0.2, -0.15) is 0 Å². The van der Waals surface area contributed by atoms with Crippen LogP contribution in [0.1, 0.15) is 0 Å². The minimum absolute atomic E-state index is 0.625. The van der Waals surface area contributed by atoms with Gasteiger partial charge in [-0.15, -0.1) is 11.3 Å². The van der Waals surface area contributed by atoms with Crippen molar-refractivity contribution in [3.05, 3.63) is 152 Å². The third-order valence-corrected chi connectivity index (χ3v) is 12.4. The van der Waals surface area contributed by atoms with Gasteiger partial charge in [-0.1, -0.05) is 103 Å². The van der Waals surface area contributed by atoms with E-state index in [0.717, 1.165) is 98.6 Å². The van der Waals surface area contributed by atoms with Gasteiger partial charge >= 0.3 is 0 Å². The standard InChI is InChI=1S/C48H25N3O2S/c1-5-16-34-29(11-1)45(33-15-9-14-28-27-10-4-8-19-40(27)54-47(28)33)50-48(49-34)51-35-17-6-2-12-30(35)42-36(51)23-22-32-44-39(53-46(32)42)25-21-26-20-24-38-43(41(26)44)31-13-3-7-18-37(31)52-38/h1-25H. The molecule has 0 aliphatic rings. The molecule has 0 fully saturated rings. The van der Waals surface area contributed by atoms with Gasteiger partial charge in [-0.25, -0.2) is 9.97 Å². The van der Waals surface area contributed by atoms with Gasteiger partial charge in [0.2, 0.25) is 5.95 Å². The lowest BCUT2D eigenvalue weighted by atomic mass is 9.98. The van der Waals surface area contributed by atoms with E-state index in [4.69, 9.17) is 18.8 Å². The van der Waals surface area contributed by atoms with Crippen molar-refractivity contribution in [2.24, 2.45) is 0 Å². The highest BCUT2D eigenvalue weighted by atomic mass is 32.1. The zero-order valence-electron chi connectivity index (χ0n) is 28.5. The molecule has 0 saturated heterocycles. The summed E-state index contributed by atoms with van der Waals surface area (Å²) >= 11 is 1.82. The lowest BCUT2D eigenvalue weighted by molar-refractivity contribution is 0.669. The van der Waals surface area contributed by atoms with E-state index in [1.165, 1.54) is 20.2 Å². The smallest absolute Gasteiger partial charge is 0.235 e. The molecule has 0 unspecified atom stereocenters. The highest BCUT2D eigenvalue weighted by Gasteiger charge is 2.24. The van der Waals surface area contributed by atoms with E-state index >= 15 is 0 Å². The SMILES string of the molecule is c1ccc2c(-c3cccc4c3sc3ccccc34)nc(-n3c4ccccc4c4c5oc6ccc7ccc8oc9ccccc9c8c7c6c5ccc43)nc2c1. The van der Waals surface area contributed by atoms with E-state index in [-0.39, 0.29) is 0 Å². The van der Waals surface area contributed by atoms with Crippen molar-refractivity contribution >= 4 is 119 Å². The maximum Gasteiger partial charge on any atom is 0.235 e. The molecule has 8 aromatic carbocycles. The molecular weight excluding hydrogens is 683 g/mol. The molecule has 54 heavy (non-hydrogen) atoms. The molecule has 250 valence electrons. The molecule has 13 aromatic rings. The van der Waals surface area contributed by atoms with Crippen molar-refractivity contribution in [1.29, 1.82) is 0 Å². The first kappa shape index (κ1) is 28.6. The van der Waals surface area contributed by atoms with Gasteiger partial charge in [-0.05, 0) is 53.9 Å². The Morgan fingerprint density at radius 2 is 1.17 bits per heavy atom. The molecule has 0 amide bonds. The van der Waals surface area contributed by atoms with Gasteiger partial charge in [0.25, 0.3) is 0 Å². The third kappa shape index (κ3) is 3.67. The van der Waals surface area contributed by atoms with Crippen LogP contribution in [0.15, 0.2) is 160 Å². The van der Waals surface area contributed by atoms with E-state index < -0.39 is 0 Å². The number of thiophene rings is 1. The molecule has 6 heteroatoms. The number of hydrogen-bond acceptors (Lipinski definition) is 5. The van der Waals surface area contributed by atoms with E-state index in [1.54, 1.807) is 0 Å². The summed E-state index contributed by atoms with van der Waals surface area (Å²) in [6.45, 7) is 0. The topological polar surface area (TPSA) is 57.0 Å². The van der Waals surface area contributed by atoms with Gasteiger partial charge in [0.05, 0.1) is 27.6 Å². The Morgan fingerprint density at radius 1 is 0.444 bits per heavy atom. The van der Waals surface area contributed by atoms with Crippen molar-refractivity contribution in [1.82, 2.24) is 14.5 Å². The maximum absolute atomic E-state index is 6.93. The number of rotatable bonds is 2. The summed E-state index contributed by atoms with van der Waals surface area (Å²) in [7, 11) is 0. The number of aromatic nitrogens is 3. The van der Waals surface area contributed by atoms with Crippen LogP contribution < -0.4 is 0 Å². The van der Waals surface area contributed by atoms with Crippen molar-refractivity contribution in [3.8, 4) is 17.2 Å². The van der Waals surface area contributed by atoms with Crippen LogP contribution in [-0.4, -0.2) is 14.5 Å². The van der Waals surface area contributed by atoms with Gasteiger partial charge in [0.1, 0.15) is 22.3 Å². The second-order valence-corrected chi connectivity index (χ2v) is 15.1. The Morgan fingerprint density at radius 3 is 2.07 bits per heavy atom. The minimum Gasteiger partial charge on any atom is -0.456 e. The van der Waals surface area contributed by atoms with Crippen molar-refractivity contribution in [3.63, 3.8) is 0 Å². The van der Waals surface area contributed by atoms with E-state index in [9.17, 15) is 0 Å². The molecule has 0 spiro atoms. The quantitative estimate of drug-likeness (QED) is 0.179. The monoisotopic (exact) mass is 707 g/mol. The average Bonchev–Trinajstić information content (AvgIpc) is 3.99. The van der Waals surface area contributed by atoms with Crippen molar-refractivity contribution in [2.45, 2.75) is 0 Å². The molecule has 0 atom stereocenters. The Kier molecular flexibility index (Phi) is 5.45. The van der Waals surface area contributed by atoms with Crippen molar-refractivity contribution in [2.75, 3.05) is 0 Å². The fourth-order valence-corrected chi connectivity index (χ4v) is 10.1. The van der Waals surface area contributed by atoms with Gasteiger partial charge < -0.3 is 8.83 Å². The predicted molar refractivity (Wildman–Crippen MR) is 224 cm³/mol. The Bertz CT molecular complexity index is 3750.